The molecular formula is C20H25FN2O6. The Labute approximate surface area is 168 Å². The minimum atomic E-state index is -1.16. The molecule has 6 atom stereocenters. The fraction of sp³-hybridized carbons (Fsp3) is 0.600. The van der Waals surface area contributed by atoms with Crippen LogP contribution in [0.25, 0.3) is 0 Å². The molecule has 2 fully saturated rings. The summed E-state index contributed by atoms with van der Waals surface area (Å²) in [4.78, 5) is 14.8. The number of hydrogen-bond donors (Lipinski definition) is 3. The fourth-order valence-corrected chi connectivity index (χ4v) is 4.10. The molecule has 0 bridgehead atoms. The van der Waals surface area contributed by atoms with Gasteiger partial charge in [-0.2, -0.15) is 5.26 Å². The van der Waals surface area contributed by atoms with Crippen LogP contribution in [0.2, 0.25) is 0 Å². The van der Waals surface area contributed by atoms with E-state index in [0.29, 0.717) is 19.3 Å². The first-order valence-electron chi connectivity index (χ1n) is 9.58. The maximum absolute atomic E-state index is 14.1. The predicted molar refractivity (Wildman–Crippen MR) is 99.4 cm³/mol. The Bertz CT molecular complexity index is 785. The lowest BCUT2D eigenvalue weighted by atomic mass is 9.96. The van der Waals surface area contributed by atoms with Crippen molar-refractivity contribution in [3.05, 3.63) is 29.6 Å². The molecule has 158 valence electrons. The molecule has 0 radical (unpaired) electrons. The van der Waals surface area contributed by atoms with Gasteiger partial charge in [-0.25, -0.2) is 4.39 Å². The third-order valence-electron chi connectivity index (χ3n) is 5.59. The number of ether oxygens (including phenoxy) is 2. The van der Waals surface area contributed by atoms with E-state index in [9.17, 15) is 29.8 Å². The average Bonchev–Trinajstić information content (AvgIpc) is 3.12. The highest BCUT2D eigenvalue weighted by molar-refractivity contribution is 5.98. The Morgan fingerprint density at radius 1 is 1.34 bits per heavy atom. The number of anilines is 1. The van der Waals surface area contributed by atoms with Gasteiger partial charge in [0.1, 0.15) is 11.9 Å². The number of benzene rings is 1. The van der Waals surface area contributed by atoms with E-state index in [-0.39, 0.29) is 17.7 Å². The fourth-order valence-electron chi connectivity index (χ4n) is 4.10. The van der Waals surface area contributed by atoms with E-state index in [1.54, 1.807) is 0 Å². The van der Waals surface area contributed by atoms with E-state index >= 15 is 0 Å². The summed E-state index contributed by atoms with van der Waals surface area (Å²) in [6, 6.07) is 4.82. The van der Waals surface area contributed by atoms with Crippen LogP contribution in [0.1, 0.15) is 31.2 Å². The number of hydrogen-bond acceptors (Lipinski definition) is 7. The number of nitrogens with zero attached hydrogens (tertiary/aromatic N) is 2. The van der Waals surface area contributed by atoms with E-state index in [4.69, 9.17) is 9.47 Å². The van der Waals surface area contributed by atoms with Crippen molar-refractivity contribution in [2.45, 2.75) is 62.2 Å². The summed E-state index contributed by atoms with van der Waals surface area (Å²) in [6.07, 6.45) is -2.97. The van der Waals surface area contributed by atoms with Gasteiger partial charge in [0.15, 0.2) is 6.10 Å². The molecular weight excluding hydrogens is 383 g/mol. The lowest BCUT2D eigenvalue weighted by molar-refractivity contribution is -0.190. The minimum Gasteiger partial charge on any atom is -0.394 e. The molecule has 1 aliphatic heterocycles. The summed E-state index contributed by atoms with van der Waals surface area (Å²) in [5.41, 5.74) is 0.185. The second kappa shape index (κ2) is 9.15. The topological polar surface area (TPSA) is 123 Å². The molecule has 0 aromatic heterocycles. The monoisotopic (exact) mass is 408 g/mol. The summed E-state index contributed by atoms with van der Waals surface area (Å²) >= 11 is 0. The SMILES string of the molecule is COC1CC(O)C(CO)OC1C(=O)N(c1cc(F)cc(C#N)c1)[C@@H]1CCC[C@H]1O. The van der Waals surface area contributed by atoms with Crippen LogP contribution in [-0.4, -0.2) is 71.5 Å². The van der Waals surface area contributed by atoms with E-state index in [1.165, 1.54) is 18.1 Å². The molecule has 1 heterocycles. The van der Waals surface area contributed by atoms with Crippen molar-refractivity contribution in [1.82, 2.24) is 0 Å². The second-order valence-corrected chi connectivity index (χ2v) is 7.44. The molecule has 1 aliphatic carbocycles. The van der Waals surface area contributed by atoms with Crippen molar-refractivity contribution in [1.29, 1.82) is 5.26 Å². The molecule has 4 unspecified atom stereocenters. The third-order valence-corrected chi connectivity index (χ3v) is 5.59. The van der Waals surface area contributed by atoms with Crippen LogP contribution in [0, 0.1) is 17.1 Å². The van der Waals surface area contributed by atoms with Crippen LogP contribution < -0.4 is 4.90 Å². The van der Waals surface area contributed by atoms with Crippen molar-refractivity contribution >= 4 is 11.6 Å². The lowest BCUT2D eigenvalue weighted by Gasteiger charge is -2.41. The van der Waals surface area contributed by atoms with Gasteiger partial charge in [0, 0.05) is 19.2 Å². The number of carbonyl (C=O) groups excluding carboxylic acids is 1. The lowest BCUT2D eigenvalue weighted by Crippen LogP contribution is -2.58. The number of amides is 1. The first-order valence-corrected chi connectivity index (χ1v) is 9.58. The van der Waals surface area contributed by atoms with E-state index in [2.05, 4.69) is 0 Å². The molecule has 1 aromatic carbocycles. The average molecular weight is 408 g/mol. The molecule has 3 N–H and O–H groups in total. The summed E-state index contributed by atoms with van der Waals surface area (Å²) < 4.78 is 25.1. The first-order chi connectivity index (χ1) is 13.9. The van der Waals surface area contributed by atoms with Crippen molar-refractivity contribution in [2.75, 3.05) is 18.6 Å². The standard InChI is InChI=1S/C20H25FN2O6/c1-28-17-8-16(26)18(10-24)29-19(17)20(27)23(14-3-2-4-15(14)25)13-6-11(9-22)5-12(21)7-13/h5-7,14-19,24-26H,2-4,8,10H2,1H3/t14-,15-,16?,17?,18?,19?/m1/s1. The number of nitriles is 1. The van der Waals surface area contributed by atoms with Crippen LogP contribution in [0.3, 0.4) is 0 Å². The Morgan fingerprint density at radius 3 is 2.69 bits per heavy atom. The van der Waals surface area contributed by atoms with Gasteiger partial charge in [-0.1, -0.05) is 0 Å². The van der Waals surface area contributed by atoms with E-state index in [1.807, 2.05) is 6.07 Å². The molecule has 1 saturated carbocycles. The van der Waals surface area contributed by atoms with Crippen LogP contribution >= 0.6 is 0 Å². The molecule has 3 rings (SSSR count). The number of carbonyl (C=O) groups is 1. The maximum Gasteiger partial charge on any atom is 0.259 e. The smallest absolute Gasteiger partial charge is 0.259 e. The predicted octanol–water partition coefficient (Wildman–Crippen LogP) is 0.469. The zero-order chi connectivity index (χ0) is 21.1. The zero-order valence-corrected chi connectivity index (χ0v) is 16.1. The number of halogens is 1. The van der Waals surface area contributed by atoms with Gasteiger partial charge in [0.25, 0.3) is 5.91 Å². The zero-order valence-electron chi connectivity index (χ0n) is 16.1. The van der Waals surface area contributed by atoms with Crippen LogP contribution in [-0.2, 0) is 14.3 Å². The molecule has 1 amide bonds. The molecule has 0 spiro atoms. The minimum absolute atomic E-state index is 0.0433. The molecule has 2 aliphatic rings. The Balaban J connectivity index is 2.00. The highest BCUT2D eigenvalue weighted by Crippen LogP contribution is 2.33. The highest BCUT2D eigenvalue weighted by atomic mass is 19.1. The summed E-state index contributed by atoms with van der Waals surface area (Å²) in [5.74, 6) is -1.26. The van der Waals surface area contributed by atoms with Crippen molar-refractivity contribution in [3.63, 3.8) is 0 Å². The van der Waals surface area contributed by atoms with Crippen LogP contribution in [0.4, 0.5) is 10.1 Å². The van der Waals surface area contributed by atoms with Crippen molar-refractivity contribution in [2.24, 2.45) is 0 Å². The Kier molecular flexibility index (Phi) is 6.82. The van der Waals surface area contributed by atoms with Gasteiger partial charge in [0.05, 0.1) is 42.6 Å². The van der Waals surface area contributed by atoms with Crippen LogP contribution in [0.5, 0.6) is 0 Å². The normalized spacial score (nSPS) is 32.0. The van der Waals surface area contributed by atoms with Gasteiger partial charge in [-0.15, -0.1) is 0 Å². The molecule has 1 aromatic rings. The van der Waals surface area contributed by atoms with Crippen molar-refractivity contribution < 1.29 is 34.0 Å². The van der Waals surface area contributed by atoms with Crippen molar-refractivity contribution in [3.8, 4) is 6.07 Å². The van der Waals surface area contributed by atoms with Gasteiger partial charge in [-0.3, -0.25) is 4.79 Å². The molecule has 8 nitrogen and oxygen atoms in total. The number of methoxy groups -OCH3 is 1. The summed E-state index contributed by atoms with van der Waals surface area (Å²) in [7, 11) is 1.38. The highest BCUT2D eigenvalue weighted by Gasteiger charge is 2.45. The quantitative estimate of drug-likeness (QED) is 0.647. The largest absolute Gasteiger partial charge is 0.394 e. The van der Waals surface area contributed by atoms with E-state index < -0.39 is 54.9 Å². The maximum atomic E-state index is 14.1. The van der Waals surface area contributed by atoms with Crippen LogP contribution in [0.15, 0.2) is 18.2 Å². The third kappa shape index (κ3) is 4.42. The van der Waals surface area contributed by atoms with Gasteiger partial charge >= 0.3 is 0 Å². The Hall–Kier alpha value is -2.09. The summed E-state index contributed by atoms with van der Waals surface area (Å²) in [5, 5.41) is 39.1. The molecule has 29 heavy (non-hydrogen) atoms. The second-order valence-electron chi connectivity index (χ2n) is 7.44. The number of aliphatic hydroxyl groups is 3. The van der Waals surface area contributed by atoms with Gasteiger partial charge < -0.3 is 29.7 Å². The Morgan fingerprint density at radius 2 is 2.10 bits per heavy atom. The molecule has 1 saturated heterocycles. The molecule has 9 heteroatoms. The first kappa shape index (κ1) is 21.6. The summed E-state index contributed by atoms with van der Waals surface area (Å²) in [6.45, 7) is -0.480. The number of aliphatic hydroxyl groups excluding tert-OH is 3. The van der Waals surface area contributed by atoms with E-state index in [0.717, 1.165) is 12.1 Å². The van der Waals surface area contributed by atoms with Gasteiger partial charge in [0.2, 0.25) is 0 Å². The van der Waals surface area contributed by atoms with Gasteiger partial charge in [-0.05, 0) is 37.5 Å². The number of rotatable bonds is 5.